The number of ether oxygens (including phenoxy) is 2. The number of benzene rings is 1. The summed E-state index contributed by atoms with van der Waals surface area (Å²) < 4.78 is 16.1. The molecule has 8 nitrogen and oxygen atoms in total. The van der Waals surface area contributed by atoms with Crippen molar-refractivity contribution in [3.05, 3.63) is 54.1 Å². The lowest BCUT2D eigenvalue weighted by Crippen LogP contribution is -2.47. The summed E-state index contributed by atoms with van der Waals surface area (Å²) in [5.74, 6) is 2.11. The van der Waals surface area contributed by atoms with Crippen LogP contribution in [0, 0.1) is 0 Å². The molecule has 1 aliphatic heterocycles. The Morgan fingerprint density at radius 1 is 1.17 bits per heavy atom. The van der Waals surface area contributed by atoms with Crippen LogP contribution in [-0.2, 0) is 5.41 Å². The molecule has 4 rings (SSSR count). The lowest BCUT2D eigenvalue weighted by molar-refractivity contribution is 0.0638. The van der Waals surface area contributed by atoms with Crippen molar-refractivity contribution in [2.75, 3.05) is 27.3 Å². The second kappa shape index (κ2) is 8.14. The number of rotatable bonds is 5. The molecule has 1 atom stereocenters. The smallest absolute Gasteiger partial charge is 0.258 e. The molecule has 1 saturated heterocycles. The highest BCUT2D eigenvalue weighted by molar-refractivity contribution is 5.97. The zero-order valence-electron chi connectivity index (χ0n) is 17.3. The van der Waals surface area contributed by atoms with Gasteiger partial charge in [-0.2, -0.15) is 4.98 Å². The van der Waals surface area contributed by atoms with E-state index >= 15 is 0 Å². The molecule has 0 saturated carbocycles. The van der Waals surface area contributed by atoms with E-state index in [2.05, 4.69) is 22.0 Å². The summed E-state index contributed by atoms with van der Waals surface area (Å²) in [6, 6.07) is 8.87. The molecule has 156 valence electrons. The van der Waals surface area contributed by atoms with E-state index in [0.717, 1.165) is 18.4 Å². The zero-order valence-corrected chi connectivity index (χ0v) is 17.3. The van der Waals surface area contributed by atoms with Crippen molar-refractivity contribution >= 4 is 5.91 Å². The topological polar surface area (TPSA) is 90.6 Å². The molecule has 0 N–H and O–H groups in total. The van der Waals surface area contributed by atoms with Crippen molar-refractivity contribution in [3.8, 4) is 23.0 Å². The summed E-state index contributed by atoms with van der Waals surface area (Å²) in [6.45, 7) is 3.23. The van der Waals surface area contributed by atoms with Gasteiger partial charge in [0.15, 0.2) is 5.82 Å². The zero-order chi connectivity index (χ0) is 21.1. The van der Waals surface area contributed by atoms with Gasteiger partial charge in [0.05, 0.1) is 19.8 Å². The van der Waals surface area contributed by atoms with Gasteiger partial charge in [-0.1, -0.05) is 12.1 Å². The Bertz CT molecular complexity index is 1040. The summed E-state index contributed by atoms with van der Waals surface area (Å²) >= 11 is 0. The van der Waals surface area contributed by atoms with Crippen LogP contribution >= 0.6 is 0 Å². The molecule has 0 spiro atoms. The number of methoxy groups -OCH3 is 2. The minimum Gasteiger partial charge on any atom is -0.497 e. The molecule has 0 radical (unpaired) electrons. The van der Waals surface area contributed by atoms with E-state index in [-0.39, 0.29) is 5.91 Å². The third-order valence-corrected chi connectivity index (χ3v) is 5.52. The van der Waals surface area contributed by atoms with Crippen molar-refractivity contribution in [2.24, 2.45) is 0 Å². The van der Waals surface area contributed by atoms with Gasteiger partial charge in [0, 0.05) is 42.5 Å². The van der Waals surface area contributed by atoms with Crippen LogP contribution in [0.4, 0.5) is 0 Å². The normalized spacial score (nSPS) is 18.8. The summed E-state index contributed by atoms with van der Waals surface area (Å²) in [5, 5.41) is 4.23. The second-order valence-corrected chi connectivity index (χ2v) is 7.62. The Morgan fingerprint density at radius 2 is 1.97 bits per heavy atom. The number of hydrogen-bond acceptors (Lipinski definition) is 7. The highest BCUT2D eigenvalue weighted by Gasteiger charge is 2.39. The third-order valence-electron chi connectivity index (χ3n) is 5.52. The average molecular weight is 408 g/mol. The lowest BCUT2D eigenvalue weighted by Gasteiger charge is -2.38. The van der Waals surface area contributed by atoms with Crippen molar-refractivity contribution in [1.82, 2.24) is 20.0 Å². The van der Waals surface area contributed by atoms with E-state index in [0.29, 0.717) is 41.9 Å². The molecule has 1 amide bonds. The van der Waals surface area contributed by atoms with Crippen molar-refractivity contribution in [2.45, 2.75) is 25.2 Å². The first-order valence-electron chi connectivity index (χ1n) is 9.80. The molecule has 1 fully saturated rings. The maximum absolute atomic E-state index is 13.3. The molecule has 30 heavy (non-hydrogen) atoms. The van der Waals surface area contributed by atoms with Crippen molar-refractivity contribution in [3.63, 3.8) is 0 Å². The molecule has 3 heterocycles. The Morgan fingerprint density at radius 3 is 2.70 bits per heavy atom. The van der Waals surface area contributed by atoms with E-state index in [1.165, 1.54) is 0 Å². The predicted molar refractivity (Wildman–Crippen MR) is 110 cm³/mol. The number of aromatic nitrogens is 3. The largest absolute Gasteiger partial charge is 0.497 e. The Kier molecular flexibility index (Phi) is 5.39. The van der Waals surface area contributed by atoms with Crippen LogP contribution < -0.4 is 9.47 Å². The number of carbonyl (C=O) groups is 1. The fraction of sp³-hybridized carbons (Fsp3) is 0.364. The molecule has 2 aromatic heterocycles. The monoisotopic (exact) mass is 408 g/mol. The average Bonchev–Trinajstić information content (AvgIpc) is 3.30. The quantitative estimate of drug-likeness (QED) is 0.639. The number of carbonyl (C=O) groups excluding carboxylic acids is 1. The number of piperidine rings is 1. The number of nitrogens with zero attached hydrogens (tertiary/aromatic N) is 4. The van der Waals surface area contributed by atoms with Crippen LogP contribution in [0.1, 0.15) is 35.9 Å². The predicted octanol–water partition coefficient (Wildman–Crippen LogP) is 3.34. The highest BCUT2D eigenvalue weighted by Crippen LogP contribution is 2.35. The Labute approximate surface area is 174 Å². The van der Waals surface area contributed by atoms with Crippen LogP contribution in [0.25, 0.3) is 11.5 Å². The van der Waals surface area contributed by atoms with E-state index in [1.54, 1.807) is 44.8 Å². The van der Waals surface area contributed by atoms with E-state index in [1.807, 2.05) is 17.0 Å². The minimum atomic E-state index is -0.400. The molecule has 1 unspecified atom stereocenters. The first kappa shape index (κ1) is 19.9. The number of hydrogen-bond donors (Lipinski definition) is 0. The van der Waals surface area contributed by atoms with Gasteiger partial charge in [0.2, 0.25) is 0 Å². The van der Waals surface area contributed by atoms with Gasteiger partial charge in [0.25, 0.3) is 11.8 Å². The summed E-state index contributed by atoms with van der Waals surface area (Å²) in [6.07, 6.45) is 5.08. The van der Waals surface area contributed by atoms with Crippen molar-refractivity contribution < 1.29 is 18.8 Å². The second-order valence-electron chi connectivity index (χ2n) is 7.62. The molecule has 3 aromatic rings. The lowest BCUT2D eigenvalue weighted by atomic mass is 9.81. The molecule has 0 bridgehead atoms. The molecular formula is C22H24N4O4. The van der Waals surface area contributed by atoms with Gasteiger partial charge in [-0.05, 0) is 37.1 Å². The summed E-state index contributed by atoms with van der Waals surface area (Å²) in [5.41, 5.74) is 0.926. The van der Waals surface area contributed by atoms with E-state index in [9.17, 15) is 4.79 Å². The highest BCUT2D eigenvalue weighted by atomic mass is 16.5. The SMILES string of the molecule is COc1ccc(C(=O)N2CCCC(C)(c3noc(-c4ccncc4)n3)C2)c(OC)c1. The molecule has 8 heteroatoms. The summed E-state index contributed by atoms with van der Waals surface area (Å²) in [7, 11) is 3.13. The summed E-state index contributed by atoms with van der Waals surface area (Å²) in [4.78, 5) is 23.7. The van der Waals surface area contributed by atoms with Crippen LogP contribution in [-0.4, -0.2) is 53.2 Å². The van der Waals surface area contributed by atoms with Crippen LogP contribution in [0.5, 0.6) is 11.5 Å². The minimum absolute atomic E-state index is 0.0849. The standard InChI is InChI=1S/C22H24N4O4/c1-22(21-24-19(30-25-21)15-7-10-23-11-8-15)9-4-12-26(14-22)20(27)17-6-5-16(28-2)13-18(17)29-3/h5-8,10-11,13H,4,9,12,14H2,1-3H3. The Balaban J connectivity index is 1.57. The number of likely N-dealkylation sites (tertiary alicyclic amines) is 1. The van der Waals surface area contributed by atoms with E-state index in [4.69, 9.17) is 14.0 Å². The third kappa shape index (κ3) is 3.72. The molecule has 1 aliphatic rings. The Hall–Kier alpha value is -3.42. The van der Waals surface area contributed by atoms with Crippen LogP contribution in [0.3, 0.4) is 0 Å². The first-order chi connectivity index (χ1) is 14.5. The number of pyridine rings is 1. The molecule has 1 aromatic carbocycles. The maximum Gasteiger partial charge on any atom is 0.258 e. The fourth-order valence-corrected chi connectivity index (χ4v) is 3.82. The molecular weight excluding hydrogens is 384 g/mol. The first-order valence-corrected chi connectivity index (χ1v) is 9.80. The van der Waals surface area contributed by atoms with Gasteiger partial charge in [-0.15, -0.1) is 0 Å². The van der Waals surface area contributed by atoms with Gasteiger partial charge < -0.3 is 18.9 Å². The van der Waals surface area contributed by atoms with Gasteiger partial charge in [-0.3, -0.25) is 9.78 Å². The van der Waals surface area contributed by atoms with Crippen molar-refractivity contribution in [1.29, 1.82) is 0 Å². The van der Waals surface area contributed by atoms with Gasteiger partial charge >= 0.3 is 0 Å². The number of amides is 1. The fourth-order valence-electron chi connectivity index (χ4n) is 3.82. The van der Waals surface area contributed by atoms with Crippen LogP contribution in [0.2, 0.25) is 0 Å². The van der Waals surface area contributed by atoms with Gasteiger partial charge in [-0.25, -0.2) is 0 Å². The van der Waals surface area contributed by atoms with Crippen LogP contribution in [0.15, 0.2) is 47.2 Å². The molecule has 0 aliphatic carbocycles. The van der Waals surface area contributed by atoms with Gasteiger partial charge in [0.1, 0.15) is 11.5 Å². The maximum atomic E-state index is 13.3. The van der Waals surface area contributed by atoms with E-state index < -0.39 is 5.41 Å².